The lowest BCUT2D eigenvalue weighted by molar-refractivity contribution is -0.139. The zero-order valence-electron chi connectivity index (χ0n) is 12.8. The van der Waals surface area contributed by atoms with Crippen molar-refractivity contribution in [3.63, 3.8) is 0 Å². The van der Waals surface area contributed by atoms with Crippen molar-refractivity contribution < 1.29 is 9.59 Å². The van der Waals surface area contributed by atoms with Crippen LogP contribution in [-0.4, -0.2) is 40.3 Å². The van der Waals surface area contributed by atoms with E-state index in [0.717, 1.165) is 12.0 Å². The van der Waals surface area contributed by atoms with Crippen molar-refractivity contribution in [3.8, 4) is 0 Å². The Balaban J connectivity index is 2.11. The predicted octanol–water partition coefficient (Wildman–Crippen LogP) is 1.53. The van der Waals surface area contributed by atoms with Crippen LogP contribution in [0.1, 0.15) is 38.7 Å². The summed E-state index contributed by atoms with van der Waals surface area (Å²) in [5.41, 5.74) is 0.370. The summed E-state index contributed by atoms with van der Waals surface area (Å²) in [5, 5.41) is 2.93. The Bertz CT molecular complexity index is 498. The molecule has 21 heavy (non-hydrogen) atoms. The largest absolute Gasteiger partial charge is 0.342 e. The first-order chi connectivity index (χ1) is 10.1. The van der Waals surface area contributed by atoms with Crippen LogP contribution >= 0.6 is 0 Å². The molecule has 2 rings (SSSR count). The summed E-state index contributed by atoms with van der Waals surface area (Å²) in [4.78, 5) is 30.6. The minimum Gasteiger partial charge on any atom is -0.342 e. The van der Waals surface area contributed by atoms with E-state index in [9.17, 15) is 9.59 Å². The smallest absolute Gasteiger partial charge is 0.248 e. The van der Waals surface area contributed by atoms with E-state index in [1.54, 1.807) is 6.20 Å². The van der Waals surface area contributed by atoms with Crippen LogP contribution in [0.2, 0.25) is 0 Å². The number of rotatable bonds is 5. The zero-order chi connectivity index (χ0) is 15.3. The number of hydrogen-bond donors (Lipinski definition) is 1. The van der Waals surface area contributed by atoms with E-state index in [-0.39, 0.29) is 11.8 Å². The Morgan fingerprint density at radius 1 is 1.33 bits per heavy atom. The molecule has 0 radical (unpaired) electrons. The Hall–Kier alpha value is -1.91. The quantitative estimate of drug-likeness (QED) is 0.894. The van der Waals surface area contributed by atoms with Crippen molar-refractivity contribution in [1.82, 2.24) is 15.2 Å². The van der Waals surface area contributed by atoms with Crippen LogP contribution in [0.5, 0.6) is 0 Å². The van der Waals surface area contributed by atoms with E-state index in [2.05, 4.69) is 10.3 Å². The molecule has 1 aliphatic heterocycles. The normalized spacial score (nSPS) is 18.3. The van der Waals surface area contributed by atoms with Crippen molar-refractivity contribution >= 4 is 11.8 Å². The van der Waals surface area contributed by atoms with Crippen LogP contribution in [0, 0.1) is 0 Å². The van der Waals surface area contributed by atoms with Crippen molar-refractivity contribution in [3.05, 3.63) is 30.1 Å². The van der Waals surface area contributed by atoms with Gasteiger partial charge in [-0.05, 0) is 30.9 Å². The SMILES string of the molecule is CCC1(CC)NC(=O)CCN(CCc2cccnc2)C1=O. The van der Waals surface area contributed by atoms with Crippen molar-refractivity contribution in [2.24, 2.45) is 0 Å². The Labute approximate surface area is 125 Å². The second kappa shape index (κ2) is 6.70. The summed E-state index contributed by atoms with van der Waals surface area (Å²) in [6, 6.07) is 3.90. The van der Waals surface area contributed by atoms with Crippen LogP contribution in [0.15, 0.2) is 24.5 Å². The molecule has 1 aromatic rings. The molecule has 0 aromatic carbocycles. The first kappa shape index (κ1) is 15.5. The third-order valence-electron chi connectivity index (χ3n) is 4.28. The first-order valence-electron chi connectivity index (χ1n) is 7.60. The molecule has 0 saturated carbocycles. The van der Waals surface area contributed by atoms with E-state index < -0.39 is 5.54 Å². The average molecular weight is 289 g/mol. The molecule has 0 spiro atoms. The van der Waals surface area contributed by atoms with Gasteiger partial charge >= 0.3 is 0 Å². The number of nitrogens with one attached hydrogen (secondary N) is 1. The third kappa shape index (κ3) is 3.40. The first-order valence-corrected chi connectivity index (χ1v) is 7.60. The van der Waals surface area contributed by atoms with Gasteiger partial charge in [0.25, 0.3) is 0 Å². The molecular formula is C16H23N3O2. The monoisotopic (exact) mass is 289 g/mol. The highest BCUT2D eigenvalue weighted by Crippen LogP contribution is 2.22. The highest BCUT2D eigenvalue weighted by molar-refractivity contribution is 5.93. The molecule has 0 bridgehead atoms. The van der Waals surface area contributed by atoms with Crippen LogP contribution < -0.4 is 5.32 Å². The van der Waals surface area contributed by atoms with Gasteiger partial charge < -0.3 is 10.2 Å². The van der Waals surface area contributed by atoms with Gasteiger partial charge in [0.1, 0.15) is 5.54 Å². The summed E-state index contributed by atoms with van der Waals surface area (Å²) in [6.45, 7) is 5.02. The number of carbonyl (C=O) groups is 2. The fourth-order valence-corrected chi connectivity index (χ4v) is 2.78. The fraction of sp³-hybridized carbons (Fsp3) is 0.562. The van der Waals surface area contributed by atoms with Crippen molar-refractivity contribution in [2.45, 2.75) is 45.1 Å². The number of pyridine rings is 1. The average Bonchev–Trinajstić information content (AvgIpc) is 2.64. The number of nitrogens with zero attached hydrogens (tertiary/aromatic N) is 2. The Kier molecular flexibility index (Phi) is 4.94. The predicted molar refractivity (Wildman–Crippen MR) is 80.6 cm³/mol. The van der Waals surface area contributed by atoms with Gasteiger partial charge in [-0.2, -0.15) is 0 Å². The maximum atomic E-state index is 12.8. The van der Waals surface area contributed by atoms with Gasteiger partial charge in [-0.1, -0.05) is 19.9 Å². The van der Waals surface area contributed by atoms with Crippen LogP contribution in [0.4, 0.5) is 0 Å². The molecule has 1 saturated heterocycles. The highest BCUT2D eigenvalue weighted by atomic mass is 16.2. The summed E-state index contributed by atoms with van der Waals surface area (Å²) >= 11 is 0. The lowest BCUT2D eigenvalue weighted by Gasteiger charge is -2.33. The Morgan fingerprint density at radius 2 is 2.10 bits per heavy atom. The van der Waals surface area contributed by atoms with E-state index >= 15 is 0 Å². The van der Waals surface area contributed by atoms with E-state index in [1.807, 2.05) is 37.1 Å². The highest BCUT2D eigenvalue weighted by Gasteiger charge is 2.41. The second-order valence-electron chi connectivity index (χ2n) is 5.49. The lowest BCUT2D eigenvalue weighted by Crippen LogP contribution is -2.56. The maximum Gasteiger partial charge on any atom is 0.248 e. The molecule has 0 aliphatic carbocycles. The van der Waals surface area contributed by atoms with Gasteiger partial charge in [-0.15, -0.1) is 0 Å². The summed E-state index contributed by atoms with van der Waals surface area (Å²) in [7, 11) is 0. The van der Waals surface area contributed by atoms with Crippen LogP contribution in [0.3, 0.4) is 0 Å². The number of amides is 2. The second-order valence-corrected chi connectivity index (χ2v) is 5.49. The molecular weight excluding hydrogens is 266 g/mol. The van der Waals surface area contributed by atoms with Gasteiger partial charge in [0.05, 0.1) is 0 Å². The topological polar surface area (TPSA) is 62.3 Å². The molecule has 2 amide bonds. The number of carbonyl (C=O) groups excluding carboxylic acids is 2. The Morgan fingerprint density at radius 3 is 2.71 bits per heavy atom. The van der Waals surface area contributed by atoms with Gasteiger partial charge in [-0.3, -0.25) is 14.6 Å². The van der Waals surface area contributed by atoms with E-state index in [0.29, 0.717) is 32.4 Å². The van der Waals surface area contributed by atoms with Gasteiger partial charge in [-0.25, -0.2) is 0 Å². The number of hydrogen-bond acceptors (Lipinski definition) is 3. The molecule has 1 fully saturated rings. The molecule has 2 heterocycles. The van der Waals surface area contributed by atoms with Gasteiger partial charge in [0.15, 0.2) is 0 Å². The standard InChI is InChI=1S/C16H23N3O2/c1-3-16(4-2)15(21)19(11-8-14(20)18-16)10-7-13-6-5-9-17-12-13/h5-6,9,12H,3-4,7-8,10-11H2,1-2H3,(H,18,20). The minimum absolute atomic E-state index is 0.0315. The molecule has 5 nitrogen and oxygen atoms in total. The summed E-state index contributed by atoms with van der Waals surface area (Å²) in [5.74, 6) is 0.0122. The van der Waals surface area contributed by atoms with Gasteiger partial charge in [0.2, 0.25) is 11.8 Å². The molecule has 5 heteroatoms. The van der Waals surface area contributed by atoms with Gasteiger partial charge in [0, 0.05) is 31.9 Å². The van der Waals surface area contributed by atoms with Crippen LogP contribution in [0.25, 0.3) is 0 Å². The van der Waals surface area contributed by atoms with E-state index in [4.69, 9.17) is 0 Å². The minimum atomic E-state index is -0.734. The molecule has 114 valence electrons. The summed E-state index contributed by atoms with van der Waals surface area (Å²) < 4.78 is 0. The zero-order valence-corrected chi connectivity index (χ0v) is 12.8. The summed E-state index contributed by atoms with van der Waals surface area (Å²) in [6.07, 6.45) is 5.94. The van der Waals surface area contributed by atoms with Crippen molar-refractivity contribution in [1.29, 1.82) is 0 Å². The van der Waals surface area contributed by atoms with E-state index in [1.165, 1.54) is 0 Å². The fourth-order valence-electron chi connectivity index (χ4n) is 2.78. The van der Waals surface area contributed by atoms with Crippen LogP contribution in [-0.2, 0) is 16.0 Å². The molecule has 1 N–H and O–H groups in total. The molecule has 1 aromatic heterocycles. The number of aromatic nitrogens is 1. The van der Waals surface area contributed by atoms with Crippen molar-refractivity contribution in [2.75, 3.05) is 13.1 Å². The molecule has 1 aliphatic rings. The molecule has 0 unspecified atom stereocenters. The lowest BCUT2D eigenvalue weighted by atomic mass is 9.91. The maximum absolute atomic E-state index is 12.8. The third-order valence-corrected chi connectivity index (χ3v) is 4.28. The molecule has 0 atom stereocenters.